The lowest BCUT2D eigenvalue weighted by molar-refractivity contribution is -0.385. The van der Waals surface area contributed by atoms with E-state index in [0.717, 1.165) is 31.2 Å². The van der Waals surface area contributed by atoms with E-state index in [1.807, 2.05) is 20.8 Å². The molecule has 1 N–H and O–H groups in total. The molecule has 0 saturated heterocycles. The Labute approximate surface area is 142 Å². The predicted octanol–water partition coefficient (Wildman–Crippen LogP) is 3.96. The molecule has 24 heavy (non-hydrogen) atoms. The van der Waals surface area contributed by atoms with Gasteiger partial charge in [-0.05, 0) is 29.9 Å². The lowest BCUT2D eigenvalue weighted by Gasteiger charge is -2.24. The van der Waals surface area contributed by atoms with Gasteiger partial charge in [-0.2, -0.15) is 0 Å². The standard InChI is InChI=1S/C18H26N2O4/c1-18(2,3)12-10-14(16(24-4)15(11-12)20(22)23)17(21)19-13-8-6-5-7-9-13/h10-11,13H,5-9H2,1-4H3,(H,19,21). The van der Waals surface area contributed by atoms with Crippen molar-refractivity contribution >= 4 is 11.6 Å². The number of methoxy groups -OCH3 is 1. The van der Waals surface area contributed by atoms with Gasteiger partial charge in [0.25, 0.3) is 5.91 Å². The molecule has 2 rings (SSSR count). The monoisotopic (exact) mass is 334 g/mol. The zero-order chi connectivity index (χ0) is 17.9. The number of carbonyl (C=O) groups excluding carboxylic acids is 1. The van der Waals surface area contributed by atoms with Crippen LogP contribution in [0.5, 0.6) is 5.75 Å². The molecule has 0 bridgehead atoms. The molecular weight excluding hydrogens is 308 g/mol. The topological polar surface area (TPSA) is 81.5 Å². The molecule has 1 aromatic carbocycles. The molecule has 0 aliphatic heterocycles. The summed E-state index contributed by atoms with van der Waals surface area (Å²) in [6.07, 6.45) is 5.30. The third-order valence-electron chi connectivity index (χ3n) is 4.52. The first kappa shape index (κ1) is 18.2. The molecule has 0 atom stereocenters. The number of benzene rings is 1. The van der Waals surface area contributed by atoms with Gasteiger partial charge < -0.3 is 10.1 Å². The van der Waals surface area contributed by atoms with Gasteiger partial charge in [-0.25, -0.2) is 0 Å². The van der Waals surface area contributed by atoms with Crippen LogP contribution < -0.4 is 10.1 Å². The van der Waals surface area contributed by atoms with Crippen LogP contribution in [0.3, 0.4) is 0 Å². The molecule has 0 aromatic heterocycles. The number of nitro benzene ring substituents is 1. The van der Waals surface area contributed by atoms with Crippen molar-refractivity contribution in [3.63, 3.8) is 0 Å². The molecule has 0 radical (unpaired) electrons. The van der Waals surface area contributed by atoms with Gasteiger partial charge in [0.05, 0.1) is 17.6 Å². The number of nitrogens with zero attached hydrogens (tertiary/aromatic N) is 1. The van der Waals surface area contributed by atoms with Gasteiger partial charge in [0.15, 0.2) is 0 Å². The molecule has 1 fully saturated rings. The van der Waals surface area contributed by atoms with E-state index in [4.69, 9.17) is 4.74 Å². The van der Waals surface area contributed by atoms with Crippen molar-refractivity contribution in [2.75, 3.05) is 7.11 Å². The van der Waals surface area contributed by atoms with E-state index in [-0.39, 0.29) is 34.4 Å². The highest BCUT2D eigenvalue weighted by molar-refractivity contribution is 5.98. The zero-order valence-electron chi connectivity index (χ0n) is 14.8. The SMILES string of the molecule is COc1c(C(=O)NC2CCCCC2)cc(C(C)(C)C)cc1[N+](=O)[O-]. The van der Waals surface area contributed by atoms with Crippen LogP contribution in [-0.4, -0.2) is 24.0 Å². The molecule has 1 aromatic rings. The fourth-order valence-corrected chi connectivity index (χ4v) is 3.08. The van der Waals surface area contributed by atoms with Crippen molar-refractivity contribution in [3.8, 4) is 5.75 Å². The van der Waals surface area contributed by atoms with Gasteiger partial charge >= 0.3 is 5.69 Å². The minimum absolute atomic E-state index is 0.0290. The molecule has 6 heteroatoms. The minimum Gasteiger partial charge on any atom is -0.490 e. The maximum Gasteiger partial charge on any atom is 0.312 e. The summed E-state index contributed by atoms with van der Waals surface area (Å²) in [5, 5.41) is 14.4. The number of ether oxygens (including phenoxy) is 1. The van der Waals surface area contributed by atoms with Crippen LogP contribution in [0.4, 0.5) is 5.69 Å². The molecule has 1 saturated carbocycles. The van der Waals surface area contributed by atoms with Crippen LogP contribution in [0.25, 0.3) is 0 Å². The van der Waals surface area contributed by atoms with Gasteiger partial charge in [-0.1, -0.05) is 40.0 Å². The van der Waals surface area contributed by atoms with Crippen LogP contribution >= 0.6 is 0 Å². The largest absolute Gasteiger partial charge is 0.490 e. The molecule has 1 amide bonds. The highest BCUT2D eigenvalue weighted by Gasteiger charge is 2.29. The van der Waals surface area contributed by atoms with Crippen LogP contribution in [-0.2, 0) is 5.41 Å². The van der Waals surface area contributed by atoms with E-state index in [9.17, 15) is 14.9 Å². The third kappa shape index (κ3) is 4.04. The van der Waals surface area contributed by atoms with Crippen molar-refractivity contribution in [1.29, 1.82) is 0 Å². The second kappa shape index (κ2) is 7.20. The lowest BCUT2D eigenvalue weighted by atomic mass is 9.85. The maximum atomic E-state index is 12.7. The fraction of sp³-hybridized carbons (Fsp3) is 0.611. The van der Waals surface area contributed by atoms with Gasteiger partial charge in [-0.15, -0.1) is 0 Å². The van der Waals surface area contributed by atoms with Crippen molar-refractivity contribution in [2.24, 2.45) is 0 Å². The number of hydrogen-bond acceptors (Lipinski definition) is 4. The summed E-state index contributed by atoms with van der Waals surface area (Å²) in [6, 6.07) is 3.34. The number of amides is 1. The average molecular weight is 334 g/mol. The first-order chi connectivity index (χ1) is 11.2. The Morgan fingerprint density at radius 3 is 2.38 bits per heavy atom. The van der Waals surface area contributed by atoms with E-state index in [0.29, 0.717) is 0 Å². The molecule has 0 heterocycles. The van der Waals surface area contributed by atoms with Crippen molar-refractivity contribution < 1.29 is 14.5 Å². The smallest absolute Gasteiger partial charge is 0.312 e. The van der Waals surface area contributed by atoms with Crippen molar-refractivity contribution in [2.45, 2.75) is 64.3 Å². The van der Waals surface area contributed by atoms with Crippen LogP contribution in [0.1, 0.15) is 68.8 Å². The molecule has 1 aliphatic carbocycles. The van der Waals surface area contributed by atoms with E-state index in [1.54, 1.807) is 6.07 Å². The lowest BCUT2D eigenvalue weighted by Crippen LogP contribution is -2.36. The van der Waals surface area contributed by atoms with Gasteiger partial charge in [0.1, 0.15) is 0 Å². The molecule has 132 valence electrons. The zero-order valence-corrected chi connectivity index (χ0v) is 14.8. The Balaban J connectivity index is 2.43. The quantitative estimate of drug-likeness (QED) is 0.667. The number of nitro groups is 1. The third-order valence-corrected chi connectivity index (χ3v) is 4.52. The first-order valence-electron chi connectivity index (χ1n) is 8.42. The van der Waals surface area contributed by atoms with Crippen LogP contribution in [0.2, 0.25) is 0 Å². The highest BCUT2D eigenvalue weighted by Crippen LogP contribution is 2.36. The van der Waals surface area contributed by atoms with E-state index in [2.05, 4.69) is 5.32 Å². The molecular formula is C18H26N2O4. The summed E-state index contributed by atoms with van der Waals surface area (Å²) in [4.78, 5) is 23.7. The Hall–Kier alpha value is -2.11. The Bertz CT molecular complexity index is 629. The number of carbonyl (C=O) groups is 1. The Kier molecular flexibility index (Phi) is 5.47. The second-order valence-electron chi connectivity index (χ2n) is 7.39. The number of nitrogens with one attached hydrogen (secondary N) is 1. The maximum absolute atomic E-state index is 12.7. The number of hydrogen-bond donors (Lipinski definition) is 1. The average Bonchev–Trinajstić information content (AvgIpc) is 2.53. The van der Waals surface area contributed by atoms with Gasteiger partial charge in [0, 0.05) is 12.1 Å². The summed E-state index contributed by atoms with van der Waals surface area (Å²) < 4.78 is 5.21. The van der Waals surface area contributed by atoms with Crippen LogP contribution in [0.15, 0.2) is 12.1 Å². The van der Waals surface area contributed by atoms with E-state index in [1.165, 1.54) is 19.6 Å². The summed E-state index contributed by atoms with van der Waals surface area (Å²) in [6.45, 7) is 5.88. The van der Waals surface area contributed by atoms with E-state index >= 15 is 0 Å². The van der Waals surface area contributed by atoms with Gasteiger partial charge in [0.2, 0.25) is 5.75 Å². The second-order valence-corrected chi connectivity index (χ2v) is 7.39. The highest BCUT2D eigenvalue weighted by atomic mass is 16.6. The van der Waals surface area contributed by atoms with Crippen LogP contribution in [0, 0.1) is 10.1 Å². The normalized spacial score (nSPS) is 15.8. The Morgan fingerprint density at radius 1 is 1.25 bits per heavy atom. The minimum atomic E-state index is -0.495. The fourth-order valence-electron chi connectivity index (χ4n) is 3.08. The summed E-state index contributed by atoms with van der Waals surface area (Å²) >= 11 is 0. The molecule has 6 nitrogen and oxygen atoms in total. The van der Waals surface area contributed by atoms with Crippen molar-refractivity contribution in [1.82, 2.24) is 5.32 Å². The molecule has 1 aliphatic rings. The Morgan fingerprint density at radius 2 is 1.88 bits per heavy atom. The van der Waals surface area contributed by atoms with Crippen molar-refractivity contribution in [3.05, 3.63) is 33.4 Å². The summed E-state index contributed by atoms with van der Waals surface area (Å²) in [7, 11) is 1.36. The summed E-state index contributed by atoms with van der Waals surface area (Å²) in [5.41, 5.74) is 0.501. The first-order valence-corrected chi connectivity index (χ1v) is 8.42. The van der Waals surface area contributed by atoms with Gasteiger partial charge in [-0.3, -0.25) is 14.9 Å². The van der Waals surface area contributed by atoms with E-state index < -0.39 is 4.92 Å². The number of rotatable bonds is 4. The summed E-state index contributed by atoms with van der Waals surface area (Å²) in [5.74, 6) is -0.269. The molecule has 0 spiro atoms. The predicted molar refractivity (Wildman–Crippen MR) is 92.7 cm³/mol. The molecule has 0 unspecified atom stereocenters.